The first-order chi connectivity index (χ1) is 20.1. The average molecular weight is 608 g/mol. The zero-order valence-electron chi connectivity index (χ0n) is 28.0. The summed E-state index contributed by atoms with van der Waals surface area (Å²) in [7, 11) is -0.485. The summed E-state index contributed by atoms with van der Waals surface area (Å²) in [4.78, 5) is 28.0. The Hall–Kier alpha value is -2.90. The topological polar surface area (TPSA) is 65.1 Å². The van der Waals surface area contributed by atoms with Crippen LogP contribution in [0.4, 0.5) is 4.79 Å². The van der Waals surface area contributed by atoms with Crippen LogP contribution in [0.5, 0.6) is 0 Å². The first kappa shape index (κ1) is 34.6. The predicted octanol–water partition coefficient (Wildman–Crippen LogP) is 8.82. The molecule has 2 aromatic carbocycles. The molecule has 6 nitrogen and oxygen atoms in total. The molecule has 1 amide bonds. The maximum Gasteiger partial charge on any atom is 0.410 e. The molecule has 5 atom stereocenters. The summed E-state index contributed by atoms with van der Waals surface area (Å²) in [5.41, 5.74) is 4.63. The standard InChI is InChI=1S/C36H53NO5Si/c1-12-18-32(42-43(10,11)36(6,7)8)25(4)33(24(3)13-2)41-34(38)26(5)37(9)35(39)40-23-31-29-21-16-14-19-27(29)28-20-15-17-22-30(28)31/h12,14-17,19-22,24-26,31-33H,1,13,18,23H2,2-11H3/t24-,25-,26-,32-,33-/m0/s1. The smallest absolute Gasteiger partial charge is 0.410 e. The Morgan fingerprint density at radius 1 is 1.00 bits per heavy atom. The number of carbonyl (C=O) groups is 2. The van der Waals surface area contributed by atoms with Crippen LogP contribution in [0.1, 0.15) is 78.4 Å². The van der Waals surface area contributed by atoms with Crippen molar-refractivity contribution in [3.63, 3.8) is 0 Å². The van der Waals surface area contributed by atoms with E-state index < -0.39 is 26.4 Å². The zero-order valence-corrected chi connectivity index (χ0v) is 29.0. The summed E-state index contributed by atoms with van der Waals surface area (Å²) in [6, 6.07) is 15.6. The second-order valence-corrected chi connectivity index (χ2v) is 18.4. The molecule has 0 saturated carbocycles. The van der Waals surface area contributed by atoms with Gasteiger partial charge in [0.2, 0.25) is 0 Å². The lowest BCUT2D eigenvalue weighted by Gasteiger charge is -2.43. The number of nitrogens with zero attached hydrogens (tertiary/aromatic N) is 1. The number of fused-ring (bicyclic) bond motifs is 3. The molecular formula is C36H53NO5Si. The molecule has 43 heavy (non-hydrogen) atoms. The van der Waals surface area contributed by atoms with Gasteiger partial charge in [-0.05, 0) is 59.6 Å². The number of hydrogen-bond donors (Lipinski definition) is 0. The van der Waals surface area contributed by atoms with Crippen molar-refractivity contribution < 1.29 is 23.5 Å². The molecule has 0 unspecified atom stereocenters. The number of benzene rings is 2. The number of esters is 1. The van der Waals surface area contributed by atoms with Gasteiger partial charge in [-0.2, -0.15) is 0 Å². The van der Waals surface area contributed by atoms with E-state index in [1.165, 1.54) is 16.0 Å². The maximum atomic E-state index is 13.5. The van der Waals surface area contributed by atoms with Gasteiger partial charge in [0, 0.05) is 18.9 Å². The van der Waals surface area contributed by atoms with E-state index in [1.807, 2.05) is 30.3 Å². The van der Waals surface area contributed by atoms with E-state index in [0.29, 0.717) is 6.42 Å². The molecule has 0 N–H and O–H groups in total. The number of amides is 1. The molecule has 0 heterocycles. The molecule has 0 fully saturated rings. The fourth-order valence-electron chi connectivity index (χ4n) is 5.52. The molecular weight excluding hydrogens is 554 g/mol. The van der Waals surface area contributed by atoms with Crippen molar-refractivity contribution in [2.45, 2.75) is 104 Å². The van der Waals surface area contributed by atoms with E-state index in [4.69, 9.17) is 13.9 Å². The van der Waals surface area contributed by atoms with Gasteiger partial charge in [0.15, 0.2) is 8.32 Å². The van der Waals surface area contributed by atoms with Crippen molar-refractivity contribution in [3.8, 4) is 11.1 Å². The second kappa shape index (κ2) is 14.3. The molecule has 0 radical (unpaired) electrons. The van der Waals surface area contributed by atoms with Crippen molar-refractivity contribution in [2.24, 2.45) is 11.8 Å². The highest BCUT2D eigenvalue weighted by molar-refractivity contribution is 6.74. The van der Waals surface area contributed by atoms with E-state index in [9.17, 15) is 9.59 Å². The van der Waals surface area contributed by atoms with Crippen LogP contribution < -0.4 is 0 Å². The monoisotopic (exact) mass is 607 g/mol. The normalized spacial score (nSPS) is 16.7. The third-order valence-electron chi connectivity index (χ3n) is 9.76. The Morgan fingerprint density at radius 3 is 2.02 bits per heavy atom. The van der Waals surface area contributed by atoms with E-state index in [1.54, 1.807) is 14.0 Å². The molecule has 236 valence electrons. The Kier molecular flexibility index (Phi) is 11.5. The highest BCUT2D eigenvalue weighted by Crippen LogP contribution is 2.44. The number of rotatable bonds is 13. The van der Waals surface area contributed by atoms with Crippen LogP contribution in [0, 0.1) is 11.8 Å². The quantitative estimate of drug-likeness (QED) is 0.129. The van der Waals surface area contributed by atoms with E-state index in [0.717, 1.165) is 17.5 Å². The van der Waals surface area contributed by atoms with Gasteiger partial charge in [-0.25, -0.2) is 9.59 Å². The predicted molar refractivity (Wildman–Crippen MR) is 178 cm³/mol. The number of ether oxygens (including phenoxy) is 2. The summed E-state index contributed by atoms with van der Waals surface area (Å²) in [5, 5.41) is 0.0505. The van der Waals surface area contributed by atoms with E-state index >= 15 is 0 Å². The van der Waals surface area contributed by atoms with Crippen LogP contribution in [0.15, 0.2) is 61.2 Å². The van der Waals surface area contributed by atoms with Gasteiger partial charge in [-0.15, -0.1) is 6.58 Å². The summed E-state index contributed by atoms with van der Waals surface area (Å²) < 4.78 is 18.8. The maximum absolute atomic E-state index is 13.5. The number of carbonyl (C=O) groups excluding carboxylic acids is 2. The van der Waals surface area contributed by atoms with Crippen LogP contribution in [0.2, 0.25) is 18.1 Å². The minimum absolute atomic E-state index is 0.0505. The Balaban J connectivity index is 1.69. The van der Waals surface area contributed by atoms with E-state index in [2.05, 4.69) is 85.5 Å². The summed E-state index contributed by atoms with van der Waals surface area (Å²) in [6.07, 6.45) is 2.36. The van der Waals surface area contributed by atoms with Crippen LogP contribution in [0.3, 0.4) is 0 Å². The molecule has 0 aromatic heterocycles. The molecule has 3 rings (SSSR count). The minimum Gasteiger partial charge on any atom is -0.460 e. The van der Waals surface area contributed by atoms with Gasteiger partial charge >= 0.3 is 12.1 Å². The van der Waals surface area contributed by atoms with Crippen molar-refractivity contribution in [1.29, 1.82) is 0 Å². The largest absolute Gasteiger partial charge is 0.460 e. The SMILES string of the molecule is C=CC[C@H](O[Si](C)(C)C(C)(C)C)[C@H](C)[C@@H](OC(=O)[C@H](C)N(C)C(=O)OCC1c2ccccc2-c2ccccc21)[C@@H](C)CC. The zero-order chi connectivity index (χ0) is 32.1. The molecule has 0 aliphatic heterocycles. The number of likely N-dealkylation sites (N-methyl/N-ethyl adjacent to an activating group) is 1. The lowest BCUT2D eigenvalue weighted by Crippen LogP contribution is -2.49. The molecule has 0 saturated heterocycles. The Bertz CT molecular complexity index is 1220. The fourth-order valence-corrected chi connectivity index (χ4v) is 6.94. The fraction of sp³-hybridized carbons (Fsp3) is 0.556. The van der Waals surface area contributed by atoms with Gasteiger partial charge in [0.1, 0.15) is 18.8 Å². The molecule has 1 aliphatic carbocycles. The van der Waals surface area contributed by atoms with Crippen molar-refractivity contribution in [3.05, 3.63) is 72.3 Å². The molecule has 2 aromatic rings. The van der Waals surface area contributed by atoms with Gasteiger partial charge in [0.25, 0.3) is 0 Å². The average Bonchev–Trinajstić information content (AvgIpc) is 3.29. The molecule has 0 bridgehead atoms. The van der Waals surface area contributed by atoms with E-state index in [-0.39, 0.29) is 41.6 Å². The lowest BCUT2D eigenvalue weighted by atomic mass is 9.86. The van der Waals surface area contributed by atoms with Crippen LogP contribution >= 0.6 is 0 Å². The first-order valence-corrected chi connectivity index (χ1v) is 18.6. The molecule has 1 aliphatic rings. The van der Waals surface area contributed by atoms with Crippen molar-refractivity contribution in [1.82, 2.24) is 4.90 Å². The van der Waals surface area contributed by atoms with Crippen LogP contribution in [-0.4, -0.2) is 57.2 Å². The summed E-state index contributed by atoms with van der Waals surface area (Å²) >= 11 is 0. The first-order valence-electron chi connectivity index (χ1n) is 15.7. The van der Waals surface area contributed by atoms with Crippen LogP contribution in [-0.2, 0) is 18.7 Å². The Morgan fingerprint density at radius 2 is 1.53 bits per heavy atom. The summed E-state index contributed by atoms with van der Waals surface area (Å²) in [6.45, 7) is 23.3. The van der Waals surface area contributed by atoms with Gasteiger partial charge < -0.3 is 13.9 Å². The Labute approximate surface area is 260 Å². The van der Waals surface area contributed by atoms with Gasteiger partial charge in [-0.3, -0.25) is 4.90 Å². The third kappa shape index (κ3) is 7.79. The van der Waals surface area contributed by atoms with Gasteiger partial charge in [0.05, 0.1) is 6.10 Å². The number of hydrogen-bond acceptors (Lipinski definition) is 5. The second-order valence-electron chi connectivity index (χ2n) is 13.7. The molecule has 0 spiro atoms. The summed E-state index contributed by atoms with van der Waals surface area (Å²) in [5.74, 6) is -0.442. The molecule has 7 heteroatoms. The minimum atomic E-state index is -2.08. The highest BCUT2D eigenvalue weighted by atomic mass is 28.4. The third-order valence-corrected chi connectivity index (χ3v) is 14.3. The van der Waals surface area contributed by atoms with Gasteiger partial charge in [-0.1, -0.05) is 103 Å². The van der Waals surface area contributed by atoms with Crippen molar-refractivity contribution in [2.75, 3.05) is 13.7 Å². The van der Waals surface area contributed by atoms with Crippen molar-refractivity contribution >= 4 is 20.4 Å². The highest BCUT2D eigenvalue weighted by Gasteiger charge is 2.42. The lowest BCUT2D eigenvalue weighted by molar-refractivity contribution is -0.162. The van der Waals surface area contributed by atoms with Crippen LogP contribution in [0.25, 0.3) is 11.1 Å².